The van der Waals surface area contributed by atoms with Gasteiger partial charge in [0.2, 0.25) is 0 Å². The van der Waals surface area contributed by atoms with Crippen LogP contribution in [0.25, 0.3) is 11.1 Å². The van der Waals surface area contributed by atoms with Crippen molar-refractivity contribution < 1.29 is 19.4 Å². The van der Waals surface area contributed by atoms with Crippen LogP contribution in [0.1, 0.15) is 17.3 Å². The summed E-state index contributed by atoms with van der Waals surface area (Å²) < 4.78 is 10.1. The standard InChI is InChI=1S/C16H15ClO4/c1-3-21-16(19)13-11(10-7-5-4-6-8-10)9-12(20-2)14(17)15(13)18/h4-9,18H,3H2,1-2H3. The summed E-state index contributed by atoms with van der Waals surface area (Å²) in [6.45, 7) is 1.90. The molecule has 0 aliphatic carbocycles. The van der Waals surface area contributed by atoms with Crippen molar-refractivity contribution in [2.75, 3.05) is 13.7 Å². The molecule has 2 aromatic carbocycles. The van der Waals surface area contributed by atoms with Gasteiger partial charge in [0.1, 0.15) is 16.3 Å². The third-order valence-corrected chi connectivity index (χ3v) is 3.36. The molecule has 0 aliphatic rings. The molecule has 0 fully saturated rings. The summed E-state index contributed by atoms with van der Waals surface area (Å²) in [5.74, 6) is -0.673. The van der Waals surface area contributed by atoms with Gasteiger partial charge < -0.3 is 14.6 Å². The van der Waals surface area contributed by atoms with Gasteiger partial charge in [0.25, 0.3) is 0 Å². The average molecular weight is 307 g/mol. The number of methoxy groups -OCH3 is 1. The fourth-order valence-electron chi connectivity index (χ4n) is 2.02. The highest BCUT2D eigenvalue weighted by Gasteiger charge is 2.24. The number of esters is 1. The summed E-state index contributed by atoms with van der Waals surface area (Å²) >= 11 is 6.02. The molecule has 0 atom stereocenters. The molecule has 0 aliphatic heterocycles. The van der Waals surface area contributed by atoms with Crippen molar-refractivity contribution in [2.45, 2.75) is 6.92 Å². The Bertz CT molecular complexity index is 653. The first-order valence-electron chi connectivity index (χ1n) is 6.42. The van der Waals surface area contributed by atoms with Gasteiger partial charge >= 0.3 is 5.97 Å². The fourth-order valence-corrected chi connectivity index (χ4v) is 2.25. The minimum Gasteiger partial charge on any atom is -0.505 e. The van der Waals surface area contributed by atoms with Crippen LogP contribution in [-0.2, 0) is 4.74 Å². The highest BCUT2D eigenvalue weighted by molar-refractivity contribution is 6.34. The van der Waals surface area contributed by atoms with Crippen molar-refractivity contribution >= 4 is 17.6 Å². The topological polar surface area (TPSA) is 55.8 Å². The number of halogens is 1. The molecule has 0 amide bonds. The second kappa shape index (κ2) is 6.50. The summed E-state index contributed by atoms with van der Waals surface area (Å²) in [4.78, 5) is 12.1. The molecular formula is C16H15ClO4. The predicted molar refractivity (Wildman–Crippen MR) is 81.1 cm³/mol. The van der Waals surface area contributed by atoms with E-state index in [1.807, 2.05) is 30.3 Å². The van der Waals surface area contributed by atoms with Crippen LogP contribution in [-0.4, -0.2) is 24.8 Å². The summed E-state index contributed by atoms with van der Waals surface area (Å²) in [5, 5.41) is 10.2. The highest BCUT2D eigenvalue weighted by atomic mass is 35.5. The van der Waals surface area contributed by atoms with Crippen LogP contribution < -0.4 is 4.74 Å². The Kier molecular flexibility index (Phi) is 4.70. The Balaban J connectivity index is 2.71. The number of carbonyl (C=O) groups excluding carboxylic acids is 1. The average Bonchev–Trinajstić information content (AvgIpc) is 2.50. The summed E-state index contributed by atoms with van der Waals surface area (Å²) in [5.41, 5.74) is 1.30. The van der Waals surface area contributed by atoms with Crippen molar-refractivity contribution in [3.05, 3.63) is 47.0 Å². The van der Waals surface area contributed by atoms with E-state index in [4.69, 9.17) is 21.1 Å². The molecule has 1 N–H and O–H groups in total. The third-order valence-electron chi connectivity index (χ3n) is 2.99. The molecule has 0 unspecified atom stereocenters. The van der Waals surface area contributed by atoms with Crippen molar-refractivity contribution in [3.63, 3.8) is 0 Å². The number of phenols is 1. The lowest BCUT2D eigenvalue weighted by atomic mass is 9.98. The van der Waals surface area contributed by atoms with Gasteiger partial charge in [0.05, 0.1) is 13.7 Å². The number of rotatable bonds is 4. The molecule has 0 spiro atoms. The Morgan fingerprint density at radius 1 is 1.29 bits per heavy atom. The molecule has 4 nitrogen and oxygen atoms in total. The number of hydrogen-bond acceptors (Lipinski definition) is 4. The Morgan fingerprint density at radius 2 is 1.95 bits per heavy atom. The number of carbonyl (C=O) groups is 1. The van der Waals surface area contributed by atoms with Crippen molar-refractivity contribution in [1.29, 1.82) is 0 Å². The lowest BCUT2D eigenvalue weighted by Crippen LogP contribution is -2.08. The minimum atomic E-state index is -0.626. The summed E-state index contributed by atoms with van der Waals surface area (Å²) in [6, 6.07) is 10.8. The molecule has 0 radical (unpaired) electrons. The quantitative estimate of drug-likeness (QED) is 0.870. The second-order valence-corrected chi connectivity index (χ2v) is 4.63. The largest absolute Gasteiger partial charge is 0.505 e. The van der Waals surface area contributed by atoms with Crippen LogP contribution in [0, 0.1) is 0 Å². The van der Waals surface area contributed by atoms with Gasteiger partial charge in [0.15, 0.2) is 5.75 Å². The normalized spacial score (nSPS) is 10.2. The Morgan fingerprint density at radius 3 is 2.52 bits per heavy atom. The molecule has 2 aromatic rings. The zero-order valence-corrected chi connectivity index (χ0v) is 12.5. The molecular weight excluding hydrogens is 292 g/mol. The van der Waals surface area contributed by atoms with E-state index in [0.717, 1.165) is 5.56 Å². The van der Waals surface area contributed by atoms with Crippen LogP contribution in [0.3, 0.4) is 0 Å². The number of ether oxygens (including phenoxy) is 2. The SMILES string of the molecule is CCOC(=O)c1c(-c2ccccc2)cc(OC)c(Cl)c1O. The van der Waals surface area contributed by atoms with E-state index in [1.54, 1.807) is 13.0 Å². The van der Waals surface area contributed by atoms with Gasteiger partial charge in [-0.05, 0) is 18.6 Å². The lowest BCUT2D eigenvalue weighted by molar-refractivity contribution is 0.0524. The predicted octanol–water partition coefficient (Wildman–Crippen LogP) is 3.90. The van der Waals surface area contributed by atoms with Crippen molar-refractivity contribution in [3.8, 4) is 22.6 Å². The van der Waals surface area contributed by atoms with Crippen LogP contribution in [0.15, 0.2) is 36.4 Å². The van der Waals surface area contributed by atoms with E-state index in [1.165, 1.54) is 7.11 Å². The zero-order valence-electron chi connectivity index (χ0n) is 11.7. The van der Waals surface area contributed by atoms with Gasteiger partial charge in [-0.1, -0.05) is 41.9 Å². The number of hydrogen-bond donors (Lipinski definition) is 1. The van der Waals surface area contributed by atoms with Gasteiger partial charge in [-0.3, -0.25) is 0 Å². The summed E-state index contributed by atoms with van der Waals surface area (Å²) in [6.07, 6.45) is 0. The van der Waals surface area contributed by atoms with E-state index in [-0.39, 0.29) is 22.9 Å². The molecule has 0 aromatic heterocycles. The van der Waals surface area contributed by atoms with Crippen LogP contribution in [0.2, 0.25) is 5.02 Å². The molecule has 5 heteroatoms. The van der Waals surface area contributed by atoms with Gasteiger partial charge in [-0.2, -0.15) is 0 Å². The first-order chi connectivity index (χ1) is 10.1. The Hall–Kier alpha value is -2.20. The van der Waals surface area contributed by atoms with Crippen LogP contribution in [0.4, 0.5) is 0 Å². The molecule has 21 heavy (non-hydrogen) atoms. The lowest BCUT2D eigenvalue weighted by Gasteiger charge is -2.15. The number of benzene rings is 2. The maximum Gasteiger partial charge on any atom is 0.342 e. The second-order valence-electron chi connectivity index (χ2n) is 4.25. The molecule has 0 saturated heterocycles. The minimum absolute atomic E-state index is 0.0137. The maximum atomic E-state index is 12.1. The smallest absolute Gasteiger partial charge is 0.342 e. The van der Waals surface area contributed by atoms with Crippen molar-refractivity contribution in [2.24, 2.45) is 0 Å². The molecule has 0 heterocycles. The van der Waals surface area contributed by atoms with Crippen molar-refractivity contribution in [1.82, 2.24) is 0 Å². The molecule has 2 rings (SSSR count). The first kappa shape index (κ1) is 15.2. The van der Waals surface area contributed by atoms with E-state index in [9.17, 15) is 9.90 Å². The third kappa shape index (κ3) is 2.95. The Labute approximate surface area is 127 Å². The molecule has 110 valence electrons. The number of phenolic OH excluding ortho intramolecular Hbond substituents is 1. The number of aromatic hydroxyl groups is 1. The fraction of sp³-hybridized carbons (Fsp3) is 0.188. The summed E-state index contributed by atoms with van der Waals surface area (Å²) in [7, 11) is 1.44. The van der Waals surface area contributed by atoms with E-state index in [2.05, 4.69) is 0 Å². The molecule has 0 saturated carbocycles. The molecule has 0 bridgehead atoms. The van der Waals surface area contributed by atoms with Crippen LogP contribution >= 0.6 is 11.6 Å². The zero-order chi connectivity index (χ0) is 15.4. The highest BCUT2D eigenvalue weighted by Crippen LogP contribution is 2.42. The van der Waals surface area contributed by atoms with E-state index in [0.29, 0.717) is 11.3 Å². The van der Waals surface area contributed by atoms with Crippen LogP contribution in [0.5, 0.6) is 11.5 Å². The maximum absolute atomic E-state index is 12.1. The van der Waals surface area contributed by atoms with Gasteiger partial charge in [0, 0.05) is 5.56 Å². The first-order valence-corrected chi connectivity index (χ1v) is 6.79. The van der Waals surface area contributed by atoms with E-state index < -0.39 is 5.97 Å². The van der Waals surface area contributed by atoms with E-state index >= 15 is 0 Å². The van der Waals surface area contributed by atoms with Gasteiger partial charge in [-0.15, -0.1) is 0 Å². The monoisotopic (exact) mass is 306 g/mol. The van der Waals surface area contributed by atoms with Gasteiger partial charge in [-0.25, -0.2) is 4.79 Å².